The van der Waals surface area contributed by atoms with Gasteiger partial charge in [-0.25, -0.2) is 4.79 Å². The maximum atomic E-state index is 12.8. The summed E-state index contributed by atoms with van der Waals surface area (Å²) in [5.74, 6) is 1.53. The van der Waals surface area contributed by atoms with Crippen molar-refractivity contribution in [1.82, 2.24) is 15.1 Å². The molecule has 0 aromatic heterocycles. The SMILES string of the molecule is COc1ccc(OC)c(CN2CCN(C(=O)NCc3cccc(C(F)(F)F)c3)CC2)c1. The van der Waals surface area contributed by atoms with E-state index in [1.807, 2.05) is 18.2 Å². The number of amides is 2. The van der Waals surface area contributed by atoms with Gasteiger partial charge in [0.1, 0.15) is 11.5 Å². The Bertz CT molecular complexity index is 897. The minimum absolute atomic E-state index is 0.0456. The van der Waals surface area contributed by atoms with E-state index in [-0.39, 0.29) is 12.6 Å². The minimum Gasteiger partial charge on any atom is -0.497 e. The highest BCUT2D eigenvalue weighted by Gasteiger charge is 2.30. The molecule has 0 aliphatic carbocycles. The van der Waals surface area contributed by atoms with E-state index in [0.717, 1.165) is 29.2 Å². The Balaban J connectivity index is 1.50. The van der Waals surface area contributed by atoms with Gasteiger partial charge in [-0.05, 0) is 35.9 Å². The van der Waals surface area contributed by atoms with E-state index in [4.69, 9.17) is 9.47 Å². The Morgan fingerprint density at radius 1 is 1.03 bits per heavy atom. The predicted octanol–water partition coefficient (Wildman–Crippen LogP) is 3.75. The molecule has 0 bridgehead atoms. The fraction of sp³-hybridized carbons (Fsp3) is 0.409. The standard InChI is InChI=1S/C22H26F3N3O3/c1-30-19-6-7-20(31-2)17(13-19)15-27-8-10-28(11-9-27)21(29)26-14-16-4-3-5-18(12-16)22(23,24)25/h3-7,12-13H,8-11,14-15H2,1-2H3,(H,26,29). The molecule has 0 unspecified atom stereocenters. The van der Waals surface area contributed by atoms with Gasteiger partial charge < -0.3 is 19.7 Å². The van der Waals surface area contributed by atoms with Crippen molar-refractivity contribution in [2.24, 2.45) is 0 Å². The molecular formula is C22H26F3N3O3. The van der Waals surface area contributed by atoms with Crippen molar-refractivity contribution in [2.45, 2.75) is 19.3 Å². The molecule has 0 saturated carbocycles. The Hall–Kier alpha value is -2.94. The monoisotopic (exact) mass is 437 g/mol. The molecule has 2 aromatic rings. The smallest absolute Gasteiger partial charge is 0.416 e. The van der Waals surface area contributed by atoms with Crippen molar-refractivity contribution < 1.29 is 27.4 Å². The number of rotatable bonds is 6. The summed E-state index contributed by atoms with van der Waals surface area (Å²) in [6.45, 7) is 3.13. The molecule has 31 heavy (non-hydrogen) atoms. The van der Waals surface area contributed by atoms with Crippen molar-refractivity contribution >= 4 is 6.03 Å². The first-order valence-corrected chi connectivity index (χ1v) is 9.92. The van der Waals surface area contributed by atoms with Crippen LogP contribution in [0.1, 0.15) is 16.7 Å². The summed E-state index contributed by atoms with van der Waals surface area (Å²) in [6.07, 6.45) is -4.40. The van der Waals surface area contributed by atoms with Crippen LogP contribution in [0.4, 0.5) is 18.0 Å². The van der Waals surface area contributed by atoms with Gasteiger partial charge in [0.2, 0.25) is 0 Å². The summed E-state index contributed by atoms with van der Waals surface area (Å²) in [7, 11) is 3.24. The largest absolute Gasteiger partial charge is 0.497 e. The molecule has 9 heteroatoms. The lowest BCUT2D eigenvalue weighted by Crippen LogP contribution is -2.51. The molecule has 1 saturated heterocycles. The Kier molecular flexibility index (Phi) is 7.27. The third-order valence-electron chi connectivity index (χ3n) is 5.24. The van der Waals surface area contributed by atoms with Gasteiger partial charge in [0.05, 0.1) is 19.8 Å². The average Bonchev–Trinajstić information content (AvgIpc) is 2.77. The second-order valence-electron chi connectivity index (χ2n) is 7.30. The highest BCUT2D eigenvalue weighted by Crippen LogP contribution is 2.29. The van der Waals surface area contributed by atoms with Crippen LogP contribution < -0.4 is 14.8 Å². The molecule has 1 aliphatic heterocycles. The highest BCUT2D eigenvalue weighted by atomic mass is 19.4. The van der Waals surface area contributed by atoms with E-state index >= 15 is 0 Å². The van der Waals surface area contributed by atoms with Crippen LogP contribution in [0.3, 0.4) is 0 Å². The van der Waals surface area contributed by atoms with Gasteiger partial charge in [0.25, 0.3) is 0 Å². The zero-order chi connectivity index (χ0) is 22.4. The van der Waals surface area contributed by atoms with Crippen LogP contribution >= 0.6 is 0 Å². The number of ether oxygens (including phenoxy) is 2. The number of methoxy groups -OCH3 is 2. The van der Waals surface area contributed by atoms with Gasteiger partial charge in [-0.2, -0.15) is 13.2 Å². The first-order valence-electron chi connectivity index (χ1n) is 9.92. The molecule has 3 rings (SSSR count). The third-order valence-corrected chi connectivity index (χ3v) is 5.24. The fourth-order valence-corrected chi connectivity index (χ4v) is 3.50. The van der Waals surface area contributed by atoms with Crippen LogP contribution in [0.15, 0.2) is 42.5 Å². The third kappa shape index (κ3) is 6.04. The first-order chi connectivity index (χ1) is 14.8. The molecule has 6 nitrogen and oxygen atoms in total. The molecule has 1 fully saturated rings. The Morgan fingerprint density at radius 3 is 2.42 bits per heavy atom. The Labute approximate surface area is 179 Å². The van der Waals surface area contributed by atoms with Gasteiger partial charge in [-0.15, -0.1) is 0 Å². The van der Waals surface area contributed by atoms with Gasteiger partial charge in [-0.1, -0.05) is 12.1 Å². The number of halogens is 3. The lowest BCUT2D eigenvalue weighted by atomic mass is 10.1. The van der Waals surface area contributed by atoms with Gasteiger partial charge in [0.15, 0.2) is 0 Å². The van der Waals surface area contributed by atoms with Crippen molar-refractivity contribution in [3.8, 4) is 11.5 Å². The average molecular weight is 437 g/mol. The molecule has 1 heterocycles. The molecule has 1 N–H and O–H groups in total. The van der Waals surface area contributed by atoms with Crippen molar-refractivity contribution in [3.05, 3.63) is 59.2 Å². The maximum Gasteiger partial charge on any atom is 0.416 e. The summed E-state index contributed by atoms with van der Waals surface area (Å²) >= 11 is 0. The van der Waals surface area contributed by atoms with Crippen LogP contribution in [0.2, 0.25) is 0 Å². The zero-order valence-electron chi connectivity index (χ0n) is 17.5. The van der Waals surface area contributed by atoms with Crippen LogP contribution in [0, 0.1) is 0 Å². The van der Waals surface area contributed by atoms with Crippen molar-refractivity contribution in [2.75, 3.05) is 40.4 Å². The number of nitrogens with zero attached hydrogens (tertiary/aromatic N) is 2. The summed E-state index contributed by atoms with van der Waals surface area (Å²) in [5, 5.41) is 2.71. The highest BCUT2D eigenvalue weighted by molar-refractivity contribution is 5.74. The molecule has 2 amide bonds. The lowest BCUT2D eigenvalue weighted by Gasteiger charge is -2.35. The van der Waals surface area contributed by atoms with E-state index in [1.165, 1.54) is 6.07 Å². The number of benzene rings is 2. The number of hydrogen-bond acceptors (Lipinski definition) is 4. The molecular weight excluding hydrogens is 411 g/mol. The quantitative estimate of drug-likeness (QED) is 0.748. The summed E-state index contributed by atoms with van der Waals surface area (Å²) in [6, 6.07) is 10.3. The number of alkyl halides is 3. The molecule has 0 radical (unpaired) electrons. The molecule has 168 valence electrons. The number of urea groups is 1. The van der Waals surface area contributed by atoms with Gasteiger partial charge in [-0.3, -0.25) is 4.90 Å². The van der Waals surface area contributed by atoms with E-state index < -0.39 is 11.7 Å². The normalized spacial score (nSPS) is 14.9. The molecule has 0 spiro atoms. The van der Waals surface area contributed by atoms with Gasteiger partial charge in [0, 0.05) is 44.8 Å². The van der Waals surface area contributed by atoms with Crippen molar-refractivity contribution in [3.63, 3.8) is 0 Å². The van der Waals surface area contributed by atoms with Crippen LogP contribution in [0.5, 0.6) is 11.5 Å². The number of nitrogens with one attached hydrogen (secondary N) is 1. The Morgan fingerprint density at radius 2 is 1.77 bits per heavy atom. The molecule has 1 aliphatic rings. The second-order valence-corrected chi connectivity index (χ2v) is 7.30. The number of carbonyl (C=O) groups is 1. The summed E-state index contributed by atoms with van der Waals surface area (Å²) in [4.78, 5) is 16.3. The summed E-state index contributed by atoms with van der Waals surface area (Å²) in [5.41, 5.74) is 0.692. The number of hydrogen-bond donors (Lipinski definition) is 1. The van der Waals surface area contributed by atoms with Crippen LogP contribution in [-0.4, -0.2) is 56.2 Å². The second kappa shape index (κ2) is 9.91. The lowest BCUT2D eigenvalue weighted by molar-refractivity contribution is -0.137. The first kappa shape index (κ1) is 22.7. The van der Waals surface area contributed by atoms with E-state index in [9.17, 15) is 18.0 Å². The van der Waals surface area contributed by atoms with Crippen LogP contribution in [0.25, 0.3) is 0 Å². The van der Waals surface area contributed by atoms with E-state index in [1.54, 1.807) is 25.2 Å². The van der Waals surface area contributed by atoms with E-state index in [2.05, 4.69) is 10.2 Å². The fourth-order valence-electron chi connectivity index (χ4n) is 3.50. The van der Waals surface area contributed by atoms with Crippen LogP contribution in [-0.2, 0) is 19.3 Å². The minimum atomic E-state index is -4.40. The predicted molar refractivity (Wildman–Crippen MR) is 110 cm³/mol. The number of piperazine rings is 1. The maximum absolute atomic E-state index is 12.8. The topological polar surface area (TPSA) is 54.0 Å². The van der Waals surface area contributed by atoms with Gasteiger partial charge >= 0.3 is 12.2 Å². The summed E-state index contributed by atoms with van der Waals surface area (Å²) < 4.78 is 49.2. The molecule has 0 atom stereocenters. The van der Waals surface area contributed by atoms with E-state index in [0.29, 0.717) is 38.3 Å². The zero-order valence-corrected chi connectivity index (χ0v) is 17.5. The number of carbonyl (C=O) groups excluding carboxylic acids is 1. The van der Waals surface area contributed by atoms with Crippen molar-refractivity contribution in [1.29, 1.82) is 0 Å². The molecule has 2 aromatic carbocycles.